The lowest BCUT2D eigenvalue weighted by atomic mass is 9.99. The third-order valence-electron chi connectivity index (χ3n) is 5.19. The van der Waals surface area contributed by atoms with Crippen molar-refractivity contribution >= 4 is 53.3 Å². The molecule has 0 radical (unpaired) electrons. The standard InChI is InChI=1S/C22H19NS/c1-13(2)14-8-6-9-16-21-19(24-22(14)16)12-11-18-20(21)15-7-4-5-10-17(15)23(18)3/h4-13H,1-3H3. The Hall–Kier alpha value is -2.32. The Kier molecular flexibility index (Phi) is 2.84. The molecule has 0 N–H and O–H groups in total. The molecular weight excluding hydrogens is 310 g/mol. The second kappa shape index (κ2) is 4.84. The number of thiophene rings is 1. The van der Waals surface area contributed by atoms with Crippen LogP contribution in [-0.4, -0.2) is 4.57 Å². The van der Waals surface area contributed by atoms with E-state index in [1.807, 2.05) is 11.3 Å². The van der Waals surface area contributed by atoms with Gasteiger partial charge in [-0.3, -0.25) is 0 Å². The van der Waals surface area contributed by atoms with Crippen LogP contribution in [0, 0.1) is 0 Å². The molecule has 118 valence electrons. The largest absolute Gasteiger partial charge is 0.344 e. The van der Waals surface area contributed by atoms with Crippen molar-refractivity contribution in [1.29, 1.82) is 0 Å². The number of nitrogens with zero attached hydrogens (tertiary/aromatic N) is 1. The Morgan fingerprint density at radius 3 is 2.42 bits per heavy atom. The lowest BCUT2D eigenvalue weighted by molar-refractivity contribution is 0.878. The summed E-state index contributed by atoms with van der Waals surface area (Å²) in [5.41, 5.74) is 4.08. The van der Waals surface area contributed by atoms with Gasteiger partial charge < -0.3 is 4.57 Å². The number of para-hydroxylation sites is 1. The molecule has 24 heavy (non-hydrogen) atoms. The number of aryl methyl sites for hydroxylation is 1. The molecule has 0 aliphatic heterocycles. The maximum absolute atomic E-state index is 2.32. The highest BCUT2D eigenvalue weighted by Crippen LogP contribution is 2.44. The van der Waals surface area contributed by atoms with Crippen molar-refractivity contribution in [3.8, 4) is 0 Å². The van der Waals surface area contributed by atoms with E-state index in [0.717, 1.165) is 0 Å². The Morgan fingerprint density at radius 2 is 1.58 bits per heavy atom. The van der Waals surface area contributed by atoms with Crippen molar-refractivity contribution in [1.82, 2.24) is 4.57 Å². The van der Waals surface area contributed by atoms with Crippen LogP contribution in [0.3, 0.4) is 0 Å². The molecule has 0 bridgehead atoms. The molecule has 2 heteroatoms. The average Bonchev–Trinajstić information content (AvgIpc) is 3.11. The first kappa shape index (κ1) is 14.1. The molecule has 0 saturated heterocycles. The molecule has 0 atom stereocenters. The fraction of sp³-hybridized carbons (Fsp3) is 0.182. The zero-order valence-corrected chi connectivity index (χ0v) is 14.9. The first-order chi connectivity index (χ1) is 11.7. The van der Waals surface area contributed by atoms with Crippen LogP contribution in [0.5, 0.6) is 0 Å². The number of fused-ring (bicyclic) bond motifs is 7. The highest BCUT2D eigenvalue weighted by atomic mass is 32.1. The van der Waals surface area contributed by atoms with Gasteiger partial charge in [0.15, 0.2) is 0 Å². The fourth-order valence-corrected chi connectivity index (χ4v) is 5.39. The van der Waals surface area contributed by atoms with Gasteiger partial charge in [0, 0.05) is 49.0 Å². The number of benzene rings is 3. The summed E-state index contributed by atoms with van der Waals surface area (Å²) in [5.74, 6) is 0.546. The van der Waals surface area contributed by atoms with E-state index in [-0.39, 0.29) is 0 Å². The second-order valence-electron chi connectivity index (χ2n) is 6.89. The third-order valence-corrected chi connectivity index (χ3v) is 6.41. The molecule has 0 unspecified atom stereocenters. The van der Waals surface area contributed by atoms with Gasteiger partial charge in [0.25, 0.3) is 0 Å². The predicted molar refractivity (Wildman–Crippen MR) is 107 cm³/mol. The van der Waals surface area contributed by atoms with Crippen molar-refractivity contribution < 1.29 is 0 Å². The summed E-state index contributed by atoms with van der Waals surface area (Å²) in [6.07, 6.45) is 0. The van der Waals surface area contributed by atoms with Gasteiger partial charge in [-0.1, -0.05) is 50.2 Å². The number of hydrogen-bond donors (Lipinski definition) is 0. The molecule has 0 spiro atoms. The van der Waals surface area contributed by atoms with Crippen molar-refractivity contribution in [3.05, 3.63) is 60.2 Å². The fourth-order valence-electron chi connectivity index (χ4n) is 4.01. The van der Waals surface area contributed by atoms with Gasteiger partial charge in [-0.05, 0) is 29.7 Å². The zero-order chi connectivity index (χ0) is 16.4. The van der Waals surface area contributed by atoms with Crippen molar-refractivity contribution in [3.63, 3.8) is 0 Å². The van der Waals surface area contributed by atoms with Crippen LogP contribution in [0.15, 0.2) is 54.6 Å². The van der Waals surface area contributed by atoms with Gasteiger partial charge in [-0.2, -0.15) is 0 Å². The predicted octanol–water partition coefficient (Wildman–Crippen LogP) is 6.82. The van der Waals surface area contributed by atoms with Gasteiger partial charge in [0.2, 0.25) is 0 Å². The van der Waals surface area contributed by atoms with Gasteiger partial charge >= 0.3 is 0 Å². The van der Waals surface area contributed by atoms with E-state index in [1.165, 1.54) is 47.5 Å². The van der Waals surface area contributed by atoms with Crippen LogP contribution in [0.2, 0.25) is 0 Å². The van der Waals surface area contributed by atoms with Crippen molar-refractivity contribution in [2.45, 2.75) is 19.8 Å². The van der Waals surface area contributed by atoms with Crippen molar-refractivity contribution in [2.24, 2.45) is 7.05 Å². The highest BCUT2D eigenvalue weighted by Gasteiger charge is 2.16. The quantitative estimate of drug-likeness (QED) is 0.318. The average molecular weight is 329 g/mol. The van der Waals surface area contributed by atoms with E-state index >= 15 is 0 Å². The Balaban J connectivity index is 2.10. The summed E-state index contributed by atoms with van der Waals surface area (Å²) in [5, 5.41) is 5.59. The molecule has 5 aromatic rings. The van der Waals surface area contributed by atoms with Gasteiger partial charge in [-0.25, -0.2) is 0 Å². The second-order valence-corrected chi connectivity index (χ2v) is 7.94. The maximum atomic E-state index is 2.32. The molecule has 0 amide bonds. The first-order valence-corrected chi connectivity index (χ1v) is 9.29. The SMILES string of the molecule is CC(C)c1cccc2c1sc1ccc3c(c4ccccc4n3C)c12. The Bertz CT molecular complexity index is 1240. The van der Waals surface area contributed by atoms with E-state index in [2.05, 4.69) is 80.1 Å². The topological polar surface area (TPSA) is 4.93 Å². The van der Waals surface area contributed by atoms with Crippen molar-refractivity contribution in [2.75, 3.05) is 0 Å². The van der Waals surface area contributed by atoms with E-state index in [1.54, 1.807) is 0 Å². The van der Waals surface area contributed by atoms with E-state index in [9.17, 15) is 0 Å². The monoisotopic (exact) mass is 329 g/mol. The van der Waals surface area contributed by atoms with Crippen LogP contribution in [0.25, 0.3) is 42.0 Å². The number of aromatic nitrogens is 1. The van der Waals surface area contributed by atoms with Crippen LogP contribution < -0.4 is 0 Å². The first-order valence-electron chi connectivity index (χ1n) is 8.48. The molecule has 2 aromatic heterocycles. The molecule has 0 fully saturated rings. The molecule has 5 rings (SSSR count). The molecule has 0 saturated carbocycles. The summed E-state index contributed by atoms with van der Waals surface area (Å²) in [6.45, 7) is 4.57. The van der Waals surface area contributed by atoms with Gasteiger partial charge in [0.05, 0.1) is 0 Å². The molecule has 0 aliphatic carbocycles. The highest BCUT2D eigenvalue weighted by molar-refractivity contribution is 7.26. The van der Waals surface area contributed by atoms with E-state index in [4.69, 9.17) is 0 Å². The minimum atomic E-state index is 0.546. The third kappa shape index (κ3) is 1.69. The van der Waals surface area contributed by atoms with E-state index < -0.39 is 0 Å². The Labute approximate surface area is 145 Å². The van der Waals surface area contributed by atoms with Crippen LogP contribution in [0.4, 0.5) is 0 Å². The molecule has 2 heterocycles. The van der Waals surface area contributed by atoms with Crippen LogP contribution in [0.1, 0.15) is 25.3 Å². The van der Waals surface area contributed by atoms with Crippen LogP contribution in [-0.2, 0) is 7.05 Å². The summed E-state index contributed by atoms with van der Waals surface area (Å²) in [6, 6.07) is 20.1. The molecular formula is C22H19NS. The lowest BCUT2D eigenvalue weighted by Crippen LogP contribution is -1.86. The summed E-state index contributed by atoms with van der Waals surface area (Å²) in [4.78, 5) is 0. The smallest absolute Gasteiger partial charge is 0.0496 e. The molecule has 1 nitrogen and oxygen atoms in total. The summed E-state index contributed by atoms with van der Waals surface area (Å²) >= 11 is 1.94. The lowest BCUT2D eigenvalue weighted by Gasteiger charge is -2.06. The zero-order valence-electron chi connectivity index (χ0n) is 14.1. The minimum absolute atomic E-state index is 0.546. The summed E-state index contributed by atoms with van der Waals surface area (Å²) < 4.78 is 5.16. The van der Waals surface area contributed by atoms with Crippen LogP contribution >= 0.6 is 11.3 Å². The number of hydrogen-bond acceptors (Lipinski definition) is 1. The van der Waals surface area contributed by atoms with Gasteiger partial charge in [-0.15, -0.1) is 11.3 Å². The Morgan fingerprint density at radius 1 is 0.792 bits per heavy atom. The minimum Gasteiger partial charge on any atom is -0.344 e. The van der Waals surface area contributed by atoms with Gasteiger partial charge in [0.1, 0.15) is 0 Å². The normalized spacial score (nSPS) is 12.3. The van der Waals surface area contributed by atoms with E-state index in [0.29, 0.717) is 5.92 Å². The molecule has 0 aliphatic rings. The summed E-state index contributed by atoms with van der Waals surface area (Å²) in [7, 11) is 2.17. The molecule has 3 aromatic carbocycles. The number of rotatable bonds is 1. The maximum Gasteiger partial charge on any atom is 0.0496 e.